The van der Waals surface area contributed by atoms with Crippen LogP contribution in [0, 0.1) is 15.9 Å². The summed E-state index contributed by atoms with van der Waals surface area (Å²) in [5.74, 6) is -0.845. The fraction of sp³-hybridized carbons (Fsp3) is 0.154. The number of hydrogen-bond acceptors (Lipinski definition) is 4. The summed E-state index contributed by atoms with van der Waals surface area (Å²) in [4.78, 5) is 13.9. The van der Waals surface area contributed by atoms with Crippen LogP contribution in [-0.4, -0.2) is 9.91 Å². The number of nitrogens with zero attached hydrogens (tertiary/aromatic N) is 2. The molecule has 1 atom stereocenters. The van der Waals surface area contributed by atoms with Crippen LogP contribution in [-0.2, 0) is 0 Å². The summed E-state index contributed by atoms with van der Waals surface area (Å²) in [5.41, 5.74) is 0.321. The molecule has 1 unspecified atom stereocenters. The molecule has 1 aromatic heterocycles. The largest absolute Gasteiger partial charge is 0.478 e. The van der Waals surface area contributed by atoms with E-state index in [0.717, 1.165) is 0 Å². The summed E-state index contributed by atoms with van der Waals surface area (Å²) < 4.78 is 19.7. The van der Waals surface area contributed by atoms with E-state index in [1.807, 2.05) is 0 Å². The summed E-state index contributed by atoms with van der Waals surface area (Å²) in [6.45, 7) is 1.61. The van der Waals surface area contributed by atoms with Gasteiger partial charge in [-0.05, 0) is 38.8 Å². The maximum absolute atomic E-state index is 13.6. The van der Waals surface area contributed by atoms with Gasteiger partial charge in [0.05, 0.1) is 4.47 Å². The normalized spacial score (nSPS) is 11.9. The van der Waals surface area contributed by atoms with Crippen LogP contribution in [0.1, 0.15) is 18.6 Å². The third-order valence-electron chi connectivity index (χ3n) is 2.62. The lowest BCUT2D eigenvalue weighted by Gasteiger charge is -2.15. The van der Waals surface area contributed by atoms with Crippen molar-refractivity contribution in [2.45, 2.75) is 13.0 Å². The predicted octanol–water partition coefficient (Wildman–Crippen LogP) is 4.03. The molecule has 104 valence electrons. The van der Waals surface area contributed by atoms with Gasteiger partial charge in [-0.15, -0.1) is 0 Å². The summed E-state index contributed by atoms with van der Waals surface area (Å²) in [6, 6.07) is 7.54. The van der Waals surface area contributed by atoms with Gasteiger partial charge in [0.2, 0.25) is 5.75 Å². The third-order valence-corrected chi connectivity index (χ3v) is 3.05. The first-order valence-electron chi connectivity index (χ1n) is 5.70. The Morgan fingerprint density at radius 2 is 2.15 bits per heavy atom. The molecule has 1 heterocycles. The molecule has 0 aliphatic rings. The van der Waals surface area contributed by atoms with Gasteiger partial charge >= 0.3 is 5.82 Å². The van der Waals surface area contributed by atoms with Crippen molar-refractivity contribution >= 4 is 21.7 Å². The zero-order chi connectivity index (χ0) is 14.7. The molecule has 7 heteroatoms. The molecule has 0 saturated heterocycles. The van der Waals surface area contributed by atoms with Crippen LogP contribution in [0.15, 0.2) is 41.0 Å². The third kappa shape index (κ3) is 3.11. The smallest absolute Gasteiger partial charge is 0.406 e. The number of ether oxygens (including phenoxy) is 1. The van der Waals surface area contributed by atoms with Crippen LogP contribution in [0.25, 0.3) is 0 Å². The average molecular weight is 341 g/mol. The number of rotatable bonds is 4. The number of nitro groups is 1. The van der Waals surface area contributed by atoms with E-state index in [9.17, 15) is 14.5 Å². The Bertz CT molecular complexity index is 651. The lowest BCUT2D eigenvalue weighted by Crippen LogP contribution is -2.07. The van der Waals surface area contributed by atoms with E-state index in [2.05, 4.69) is 20.9 Å². The van der Waals surface area contributed by atoms with E-state index in [4.69, 9.17) is 4.74 Å². The number of pyridine rings is 1. The number of benzene rings is 1. The molecule has 0 bridgehead atoms. The topological polar surface area (TPSA) is 65.3 Å². The Hall–Kier alpha value is -2.02. The van der Waals surface area contributed by atoms with E-state index < -0.39 is 22.7 Å². The van der Waals surface area contributed by atoms with E-state index in [0.29, 0.717) is 10.0 Å². The van der Waals surface area contributed by atoms with Gasteiger partial charge in [-0.25, -0.2) is 4.39 Å². The van der Waals surface area contributed by atoms with Crippen LogP contribution in [0.2, 0.25) is 0 Å². The molecule has 5 nitrogen and oxygen atoms in total. The standard InChI is InChI=1S/C13H10BrFN2O3/c1-8(10-4-2-3-5-11(10)15)20-12-6-9(14)7-16-13(12)17(18)19/h2-8H,1H3. The summed E-state index contributed by atoms with van der Waals surface area (Å²) in [5, 5.41) is 10.9. The van der Waals surface area contributed by atoms with Gasteiger partial charge in [-0.2, -0.15) is 0 Å². The van der Waals surface area contributed by atoms with Crippen LogP contribution in [0.5, 0.6) is 5.75 Å². The van der Waals surface area contributed by atoms with Crippen molar-refractivity contribution in [3.05, 3.63) is 62.5 Å². The molecule has 0 aliphatic carbocycles. The molecule has 1 aromatic carbocycles. The van der Waals surface area contributed by atoms with Crippen molar-refractivity contribution < 1.29 is 14.1 Å². The number of aromatic nitrogens is 1. The quantitative estimate of drug-likeness (QED) is 0.622. The van der Waals surface area contributed by atoms with Gasteiger partial charge in [0, 0.05) is 11.6 Å². The minimum absolute atomic E-state index is 0.0138. The second-order valence-corrected chi connectivity index (χ2v) is 4.93. The Morgan fingerprint density at radius 3 is 2.80 bits per heavy atom. The van der Waals surface area contributed by atoms with Gasteiger partial charge in [0.25, 0.3) is 0 Å². The maximum atomic E-state index is 13.6. The van der Waals surface area contributed by atoms with Gasteiger partial charge in [0.15, 0.2) is 6.20 Å². The molecular formula is C13H10BrFN2O3. The van der Waals surface area contributed by atoms with Crippen LogP contribution in [0.4, 0.5) is 10.2 Å². The van der Waals surface area contributed by atoms with Crippen molar-refractivity contribution in [3.8, 4) is 5.75 Å². The molecule has 2 aromatic rings. The first-order valence-corrected chi connectivity index (χ1v) is 6.49. The fourth-order valence-corrected chi connectivity index (χ4v) is 2.01. The van der Waals surface area contributed by atoms with Crippen molar-refractivity contribution in [3.63, 3.8) is 0 Å². The van der Waals surface area contributed by atoms with Crippen molar-refractivity contribution in [2.75, 3.05) is 0 Å². The van der Waals surface area contributed by atoms with E-state index in [1.54, 1.807) is 25.1 Å². The van der Waals surface area contributed by atoms with Crippen LogP contribution < -0.4 is 4.74 Å². The Morgan fingerprint density at radius 1 is 1.45 bits per heavy atom. The maximum Gasteiger partial charge on any atom is 0.406 e. The zero-order valence-electron chi connectivity index (χ0n) is 10.4. The highest BCUT2D eigenvalue weighted by Gasteiger charge is 2.21. The molecule has 0 saturated carbocycles. The number of hydrogen-bond donors (Lipinski definition) is 0. The van der Waals surface area contributed by atoms with E-state index in [1.165, 1.54) is 18.3 Å². The fourth-order valence-electron chi connectivity index (χ4n) is 1.70. The van der Waals surface area contributed by atoms with Crippen LogP contribution in [0.3, 0.4) is 0 Å². The van der Waals surface area contributed by atoms with Gasteiger partial charge in [0.1, 0.15) is 11.9 Å². The lowest BCUT2D eigenvalue weighted by molar-refractivity contribution is -0.390. The Kier molecular flexibility index (Phi) is 4.29. The molecule has 0 fully saturated rings. The van der Waals surface area contributed by atoms with Crippen molar-refractivity contribution in [1.29, 1.82) is 0 Å². The van der Waals surface area contributed by atoms with E-state index >= 15 is 0 Å². The highest BCUT2D eigenvalue weighted by molar-refractivity contribution is 9.10. The summed E-state index contributed by atoms with van der Waals surface area (Å²) >= 11 is 3.17. The first-order chi connectivity index (χ1) is 9.49. The second kappa shape index (κ2) is 5.96. The molecular weight excluding hydrogens is 331 g/mol. The highest BCUT2D eigenvalue weighted by atomic mass is 79.9. The molecule has 2 rings (SSSR count). The van der Waals surface area contributed by atoms with E-state index in [-0.39, 0.29) is 5.75 Å². The summed E-state index contributed by atoms with van der Waals surface area (Å²) in [7, 11) is 0. The van der Waals surface area contributed by atoms with Crippen LogP contribution >= 0.6 is 15.9 Å². The average Bonchev–Trinajstić information content (AvgIpc) is 2.38. The second-order valence-electron chi connectivity index (χ2n) is 4.01. The Balaban J connectivity index is 2.32. The molecule has 0 N–H and O–H groups in total. The molecule has 0 radical (unpaired) electrons. The predicted molar refractivity (Wildman–Crippen MR) is 74.0 cm³/mol. The molecule has 20 heavy (non-hydrogen) atoms. The first kappa shape index (κ1) is 14.4. The van der Waals surface area contributed by atoms with Gasteiger partial charge < -0.3 is 14.9 Å². The molecule has 0 aliphatic heterocycles. The lowest BCUT2D eigenvalue weighted by atomic mass is 10.1. The highest BCUT2D eigenvalue weighted by Crippen LogP contribution is 2.31. The van der Waals surface area contributed by atoms with Crippen molar-refractivity contribution in [2.24, 2.45) is 0 Å². The minimum Gasteiger partial charge on any atom is -0.478 e. The number of halogens is 2. The molecule has 0 amide bonds. The minimum atomic E-state index is -0.675. The van der Waals surface area contributed by atoms with Gasteiger partial charge in [-0.3, -0.25) is 0 Å². The SMILES string of the molecule is CC(Oc1cc(Br)cnc1[N+](=O)[O-])c1ccccc1F. The van der Waals surface area contributed by atoms with Crippen molar-refractivity contribution in [1.82, 2.24) is 4.98 Å². The zero-order valence-corrected chi connectivity index (χ0v) is 12.0. The monoisotopic (exact) mass is 340 g/mol. The summed E-state index contributed by atoms with van der Waals surface area (Å²) in [6.07, 6.45) is 0.629. The van der Waals surface area contributed by atoms with Gasteiger partial charge in [-0.1, -0.05) is 18.2 Å². The Labute approximate surface area is 122 Å². The molecule has 0 spiro atoms.